The van der Waals surface area contributed by atoms with E-state index in [0.717, 1.165) is 49.4 Å². The van der Waals surface area contributed by atoms with Crippen LogP contribution in [0.5, 0.6) is 11.5 Å². The molecular formula is C26H37N3O2. The molecule has 1 unspecified atom stereocenters. The Morgan fingerprint density at radius 1 is 1.06 bits per heavy atom. The van der Waals surface area contributed by atoms with E-state index in [1.165, 1.54) is 12.0 Å². The first-order chi connectivity index (χ1) is 15.0. The second-order valence-corrected chi connectivity index (χ2v) is 8.73. The predicted octanol–water partition coefficient (Wildman–Crippen LogP) is 4.86. The molecule has 3 rings (SSSR count). The molecule has 0 radical (unpaired) electrons. The summed E-state index contributed by atoms with van der Waals surface area (Å²) in [6, 6.07) is 16.3. The second kappa shape index (κ2) is 10.7. The Bertz CT molecular complexity index is 858. The number of rotatable bonds is 9. The highest BCUT2D eigenvalue weighted by Crippen LogP contribution is 2.41. The largest absolute Gasteiger partial charge is 0.493 e. The minimum atomic E-state index is -0.123. The van der Waals surface area contributed by atoms with Crippen LogP contribution in [-0.4, -0.2) is 44.6 Å². The number of amidine groups is 1. The minimum absolute atomic E-state index is 0.123. The van der Waals surface area contributed by atoms with Crippen molar-refractivity contribution in [1.82, 2.24) is 4.90 Å². The van der Waals surface area contributed by atoms with Gasteiger partial charge in [-0.05, 0) is 49.4 Å². The molecule has 5 heteroatoms. The maximum absolute atomic E-state index is 6.67. The van der Waals surface area contributed by atoms with Crippen LogP contribution in [0.25, 0.3) is 0 Å². The van der Waals surface area contributed by atoms with Gasteiger partial charge in [0.2, 0.25) is 0 Å². The first-order valence-electron chi connectivity index (χ1n) is 11.3. The monoisotopic (exact) mass is 423 g/mol. The summed E-state index contributed by atoms with van der Waals surface area (Å²) in [5.74, 6) is 2.10. The van der Waals surface area contributed by atoms with E-state index in [9.17, 15) is 0 Å². The summed E-state index contributed by atoms with van der Waals surface area (Å²) < 4.78 is 11.3. The third-order valence-corrected chi connectivity index (χ3v) is 6.77. The first kappa shape index (κ1) is 23.1. The molecule has 1 fully saturated rings. The number of nitrogens with two attached hydrogens (primary N) is 1. The molecule has 1 atom stereocenters. The van der Waals surface area contributed by atoms with Crippen molar-refractivity contribution in [3.63, 3.8) is 0 Å². The van der Waals surface area contributed by atoms with E-state index >= 15 is 0 Å². The third kappa shape index (κ3) is 5.59. The van der Waals surface area contributed by atoms with Crippen molar-refractivity contribution < 1.29 is 9.47 Å². The lowest BCUT2D eigenvalue weighted by Gasteiger charge is -2.42. The lowest BCUT2D eigenvalue weighted by atomic mass is 9.77. The number of ether oxygens (including phenoxy) is 2. The third-order valence-electron chi connectivity index (χ3n) is 6.77. The van der Waals surface area contributed by atoms with Crippen LogP contribution in [0.1, 0.15) is 50.3 Å². The average molecular weight is 424 g/mol. The van der Waals surface area contributed by atoms with Crippen molar-refractivity contribution in [2.24, 2.45) is 16.1 Å². The summed E-state index contributed by atoms with van der Waals surface area (Å²) in [7, 11) is 3.35. The van der Waals surface area contributed by atoms with Crippen molar-refractivity contribution in [3.8, 4) is 11.5 Å². The van der Waals surface area contributed by atoms with Gasteiger partial charge in [-0.15, -0.1) is 0 Å². The summed E-state index contributed by atoms with van der Waals surface area (Å²) in [5, 5.41) is 0. The zero-order valence-corrected chi connectivity index (χ0v) is 19.4. The van der Waals surface area contributed by atoms with E-state index < -0.39 is 0 Å². The van der Waals surface area contributed by atoms with Gasteiger partial charge in [0.05, 0.1) is 20.3 Å². The molecule has 31 heavy (non-hydrogen) atoms. The van der Waals surface area contributed by atoms with E-state index in [1.54, 1.807) is 14.2 Å². The van der Waals surface area contributed by atoms with Gasteiger partial charge in [0, 0.05) is 12.1 Å². The Hall–Kier alpha value is -2.53. The van der Waals surface area contributed by atoms with Crippen molar-refractivity contribution in [2.45, 2.75) is 45.6 Å². The number of para-hydroxylation sites is 1. The number of likely N-dealkylation sites (tertiary alicyclic amines) is 1. The SMILES string of the molecule is CCC1(C)CCN(C(C(N)=NCCc2ccccc2)c2cccc(OC)c2OC)CC1. The predicted molar refractivity (Wildman–Crippen MR) is 128 cm³/mol. The van der Waals surface area contributed by atoms with Crippen LogP contribution >= 0.6 is 0 Å². The zero-order valence-electron chi connectivity index (χ0n) is 19.4. The topological polar surface area (TPSA) is 60.1 Å². The Balaban J connectivity index is 1.88. The first-order valence-corrected chi connectivity index (χ1v) is 11.3. The van der Waals surface area contributed by atoms with Crippen LogP contribution in [0.4, 0.5) is 0 Å². The highest BCUT2D eigenvalue weighted by atomic mass is 16.5. The van der Waals surface area contributed by atoms with Crippen LogP contribution in [-0.2, 0) is 6.42 Å². The van der Waals surface area contributed by atoms with Gasteiger partial charge in [-0.2, -0.15) is 0 Å². The molecule has 0 aliphatic carbocycles. The van der Waals surface area contributed by atoms with Gasteiger partial charge in [0.15, 0.2) is 11.5 Å². The fourth-order valence-electron chi connectivity index (χ4n) is 4.39. The molecular weight excluding hydrogens is 386 g/mol. The second-order valence-electron chi connectivity index (χ2n) is 8.73. The highest BCUT2D eigenvalue weighted by molar-refractivity contribution is 5.88. The summed E-state index contributed by atoms with van der Waals surface area (Å²) in [6.45, 7) is 7.33. The molecule has 2 N–H and O–H groups in total. The van der Waals surface area contributed by atoms with Gasteiger partial charge < -0.3 is 15.2 Å². The van der Waals surface area contributed by atoms with Crippen LogP contribution in [0.3, 0.4) is 0 Å². The molecule has 0 bridgehead atoms. The lowest BCUT2D eigenvalue weighted by Crippen LogP contribution is -2.45. The molecule has 2 aromatic rings. The van der Waals surface area contributed by atoms with Gasteiger partial charge in [-0.3, -0.25) is 9.89 Å². The molecule has 0 spiro atoms. The Labute approximate surface area is 187 Å². The molecule has 1 aliphatic heterocycles. The standard InChI is InChI=1S/C26H37N3O2/c1-5-26(2)15-18-29(19-16-26)23(21-12-9-13-22(30-3)24(21)31-4)25(27)28-17-14-20-10-7-6-8-11-20/h6-13,23H,5,14-19H2,1-4H3,(H2,27,28). The molecule has 1 aliphatic rings. The summed E-state index contributed by atoms with van der Waals surface area (Å²) in [4.78, 5) is 7.27. The van der Waals surface area contributed by atoms with Gasteiger partial charge in [0.25, 0.3) is 0 Å². The highest BCUT2D eigenvalue weighted by Gasteiger charge is 2.35. The van der Waals surface area contributed by atoms with Crippen molar-refractivity contribution in [3.05, 3.63) is 59.7 Å². The number of hydrogen-bond acceptors (Lipinski definition) is 4. The number of piperidine rings is 1. The summed E-state index contributed by atoms with van der Waals surface area (Å²) in [6.07, 6.45) is 4.39. The van der Waals surface area contributed by atoms with E-state index in [1.807, 2.05) is 18.2 Å². The number of benzene rings is 2. The minimum Gasteiger partial charge on any atom is -0.493 e. The fourth-order valence-corrected chi connectivity index (χ4v) is 4.39. The molecule has 0 aromatic heterocycles. The summed E-state index contributed by atoms with van der Waals surface area (Å²) >= 11 is 0. The molecule has 0 saturated carbocycles. The maximum atomic E-state index is 6.67. The van der Waals surface area contributed by atoms with Crippen molar-refractivity contribution in [1.29, 1.82) is 0 Å². The molecule has 1 saturated heterocycles. The lowest BCUT2D eigenvalue weighted by molar-refractivity contribution is 0.0992. The molecule has 2 aromatic carbocycles. The van der Waals surface area contributed by atoms with E-state index in [2.05, 4.69) is 49.1 Å². The Morgan fingerprint density at radius 3 is 2.39 bits per heavy atom. The van der Waals surface area contributed by atoms with E-state index in [4.69, 9.17) is 20.2 Å². The molecule has 0 amide bonds. The fraction of sp³-hybridized carbons (Fsp3) is 0.500. The van der Waals surface area contributed by atoms with Crippen molar-refractivity contribution >= 4 is 5.84 Å². The average Bonchev–Trinajstić information content (AvgIpc) is 2.81. The van der Waals surface area contributed by atoms with Crippen LogP contribution in [0, 0.1) is 5.41 Å². The number of aliphatic imine (C=N–C) groups is 1. The number of nitrogens with zero attached hydrogens (tertiary/aromatic N) is 2. The quantitative estimate of drug-likeness (QED) is 0.462. The number of methoxy groups -OCH3 is 2. The molecule has 1 heterocycles. The van der Waals surface area contributed by atoms with E-state index in [0.29, 0.717) is 17.8 Å². The van der Waals surface area contributed by atoms with Crippen LogP contribution in [0.2, 0.25) is 0 Å². The Kier molecular flexibility index (Phi) is 7.97. The van der Waals surface area contributed by atoms with Gasteiger partial charge >= 0.3 is 0 Å². The van der Waals surface area contributed by atoms with Crippen LogP contribution in [0.15, 0.2) is 53.5 Å². The van der Waals surface area contributed by atoms with Gasteiger partial charge in [0.1, 0.15) is 5.84 Å². The van der Waals surface area contributed by atoms with Crippen molar-refractivity contribution in [2.75, 3.05) is 33.9 Å². The van der Waals surface area contributed by atoms with Crippen LogP contribution < -0.4 is 15.2 Å². The van der Waals surface area contributed by atoms with Gasteiger partial charge in [-0.1, -0.05) is 62.7 Å². The van der Waals surface area contributed by atoms with E-state index in [-0.39, 0.29) is 6.04 Å². The molecule has 5 nitrogen and oxygen atoms in total. The summed E-state index contributed by atoms with van der Waals surface area (Å²) in [5.41, 5.74) is 9.36. The normalized spacial score (nSPS) is 17.9. The number of hydrogen-bond donors (Lipinski definition) is 1. The van der Waals surface area contributed by atoms with Gasteiger partial charge in [-0.25, -0.2) is 0 Å². The maximum Gasteiger partial charge on any atom is 0.165 e. The Morgan fingerprint density at radius 2 is 1.77 bits per heavy atom. The zero-order chi connectivity index (χ0) is 22.3. The molecule has 168 valence electrons. The smallest absolute Gasteiger partial charge is 0.165 e.